The largest absolute Gasteiger partial charge is 0.454 e. The number of nitrogens with one attached hydrogen (secondary N) is 2. The smallest absolute Gasteiger partial charge is 0.387 e. The van der Waals surface area contributed by atoms with Crippen LogP contribution in [0.3, 0.4) is 0 Å². The summed E-state index contributed by atoms with van der Waals surface area (Å²) >= 11 is 0. The predicted octanol–water partition coefficient (Wildman–Crippen LogP) is 3.65. The molecule has 0 aromatic heterocycles. The van der Waals surface area contributed by atoms with Crippen LogP contribution in [0, 0.1) is 0 Å². The van der Waals surface area contributed by atoms with E-state index < -0.39 is 6.61 Å². The maximum absolute atomic E-state index is 12.8. The number of nitrogens with zero attached hydrogens (tertiary/aromatic N) is 1. The van der Waals surface area contributed by atoms with Crippen molar-refractivity contribution in [3.63, 3.8) is 0 Å². The van der Waals surface area contributed by atoms with E-state index >= 15 is 0 Å². The minimum atomic E-state index is -2.94. The highest BCUT2D eigenvalue weighted by Gasteiger charge is 2.20. The lowest BCUT2D eigenvalue weighted by Gasteiger charge is -2.15. The van der Waals surface area contributed by atoms with Crippen molar-refractivity contribution >= 4 is 29.9 Å². The number of ether oxygens (including phenoxy) is 4. The van der Waals surface area contributed by atoms with Gasteiger partial charge in [0.05, 0.1) is 6.61 Å². The number of rotatable bonds is 8. The van der Waals surface area contributed by atoms with Gasteiger partial charge in [-0.15, -0.1) is 24.0 Å². The van der Waals surface area contributed by atoms with Gasteiger partial charge in [0.2, 0.25) is 6.79 Å². The van der Waals surface area contributed by atoms with Crippen molar-refractivity contribution in [3.8, 4) is 17.2 Å². The van der Waals surface area contributed by atoms with E-state index in [0.717, 1.165) is 11.1 Å². The zero-order chi connectivity index (χ0) is 20.6. The van der Waals surface area contributed by atoms with Crippen LogP contribution in [0.25, 0.3) is 0 Å². The van der Waals surface area contributed by atoms with Crippen LogP contribution < -0.4 is 24.8 Å². The highest BCUT2D eigenvalue weighted by atomic mass is 127. The average Bonchev–Trinajstić information content (AvgIpc) is 3.15. The lowest BCUT2D eigenvalue weighted by molar-refractivity contribution is -0.0505. The van der Waals surface area contributed by atoms with E-state index in [1.54, 1.807) is 20.2 Å². The molecule has 30 heavy (non-hydrogen) atoms. The Balaban J connectivity index is 0.00000320. The predicted molar refractivity (Wildman–Crippen MR) is 119 cm³/mol. The summed E-state index contributed by atoms with van der Waals surface area (Å²) in [5, 5.41) is 6.28. The van der Waals surface area contributed by atoms with Crippen LogP contribution in [-0.4, -0.2) is 33.5 Å². The molecule has 0 spiro atoms. The fourth-order valence-electron chi connectivity index (χ4n) is 2.89. The molecule has 0 saturated heterocycles. The molecule has 1 aliphatic rings. The molecule has 0 unspecified atom stereocenters. The number of hydrogen-bond donors (Lipinski definition) is 2. The van der Waals surface area contributed by atoms with Crippen molar-refractivity contribution in [3.05, 3.63) is 53.1 Å². The molecule has 2 aromatic carbocycles. The van der Waals surface area contributed by atoms with Crippen LogP contribution in [-0.2, 0) is 24.4 Å². The van der Waals surface area contributed by atoms with Gasteiger partial charge in [-0.1, -0.05) is 24.3 Å². The van der Waals surface area contributed by atoms with Gasteiger partial charge in [-0.2, -0.15) is 8.78 Å². The molecule has 3 rings (SSSR count). The van der Waals surface area contributed by atoms with Gasteiger partial charge in [-0.25, -0.2) is 0 Å². The summed E-state index contributed by atoms with van der Waals surface area (Å²) in [6.45, 7) is -1.60. The van der Waals surface area contributed by atoms with E-state index in [2.05, 4.69) is 20.4 Å². The normalized spacial score (nSPS) is 12.5. The highest BCUT2D eigenvalue weighted by molar-refractivity contribution is 14.0. The maximum Gasteiger partial charge on any atom is 0.387 e. The summed E-state index contributed by atoms with van der Waals surface area (Å²) in [6, 6.07) is 11.0. The van der Waals surface area contributed by atoms with Gasteiger partial charge in [0.1, 0.15) is 5.75 Å². The van der Waals surface area contributed by atoms with Crippen LogP contribution in [0.15, 0.2) is 41.4 Å². The summed E-state index contributed by atoms with van der Waals surface area (Å²) in [5.74, 6) is 1.41. The molecule has 0 saturated carbocycles. The highest BCUT2D eigenvalue weighted by Crippen LogP contribution is 2.38. The number of alkyl halides is 2. The number of fused-ring (bicyclic) bond motifs is 1. The molecule has 164 valence electrons. The Bertz CT molecular complexity index is 868. The molecule has 0 aliphatic carbocycles. The SMILES string of the molecule is CN=C(NCc1cccc(COC)c1)NCc1cc2c(cc1OC(F)F)OCO2.I. The molecular formula is C20H24F2IN3O4. The Hall–Kier alpha value is -2.34. The third-order valence-electron chi connectivity index (χ3n) is 4.20. The summed E-state index contributed by atoms with van der Waals surface area (Å²) in [6.07, 6.45) is 0. The van der Waals surface area contributed by atoms with Crippen LogP contribution in [0.1, 0.15) is 16.7 Å². The first-order chi connectivity index (χ1) is 14.1. The Morgan fingerprint density at radius 3 is 2.50 bits per heavy atom. The Kier molecular flexibility index (Phi) is 9.37. The topological polar surface area (TPSA) is 73.3 Å². The molecule has 7 nitrogen and oxygen atoms in total. The van der Waals surface area contributed by atoms with E-state index in [1.807, 2.05) is 24.3 Å². The minimum absolute atomic E-state index is 0. The van der Waals surface area contributed by atoms with E-state index in [9.17, 15) is 8.78 Å². The second-order valence-corrected chi connectivity index (χ2v) is 6.22. The molecule has 0 fully saturated rings. The zero-order valence-electron chi connectivity index (χ0n) is 16.6. The van der Waals surface area contributed by atoms with Crippen molar-refractivity contribution in [1.29, 1.82) is 0 Å². The van der Waals surface area contributed by atoms with Gasteiger partial charge in [0.15, 0.2) is 17.5 Å². The fourth-order valence-corrected chi connectivity index (χ4v) is 2.89. The number of benzene rings is 2. The molecule has 1 aliphatic heterocycles. The maximum atomic E-state index is 12.8. The van der Waals surface area contributed by atoms with E-state index in [0.29, 0.717) is 36.2 Å². The number of aliphatic imine (C=N–C) groups is 1. The van der Waals surface area contributed by atoms with Crippen molar-refractivity contribution < 1.29 is 27.7 Å². The first-order valence-corrected chi connectivity index (χ1v) is 8.97. The van der Waals surface area contributed by atoms with Crippen LogP contribution >= 0.6 is 24.0 Å². The second kappa shape index (κ2) is 11.7. The van der Waals surface area contributed by atoms with Gasteiger partial charge in [-0.3, -0.25) is 4.99 Å². The first kappa shape index (κ1) is 23.9. The molecular weight excluding hydrogens is 511 g/mol. The monoisotopic (exact) mass is 535 g/mol. The zero-order valence-corrected chi connectivity index (χ0v) is 18.9. The molecule has 0 bridgehead atoms. The van der Waals surface area contributed by atoms with Crippen LogP contribution in [0.4, 0.5) is 8.78 Å². The van der Waals surface area contributed by atoms with Gasteiger partial charge in [0, 0.05) is 38.9 Å². The molecule has 10 heteroatoms. The standard InChI is InChI=1S/C20H23F2N3O4.HI/c1-23-20(24-9-13-4-3-5-14(6-13)11-26-2)25-10-15-7-17-18(28-12-27-17)8-16(15)29-19(21)22;/h3-8,19H,9-12H2,1-2H3,(H2,23,24,25);1H. The van der Waals surface area contributed by atoms with Gasteiger partial charge in [0.25, 0.3) is 0 Å². The molecule has 0 radical (unpaired) electrons. The first-order valence-electron chi connectivity index (χ1n) is 8.97. The molecule has 0 amide bonds. The summed E-state index contributed by atoms with van der Waals surface area (Å²) in [7, 11) is 3.28. The Labute approximate surface area is 190 Å². The Morgan fingerprint density at radius 1 is 1.10 bits per heavy atom. The summed E-state index contributed by atoms with van der Waals surface area (Å²) in [5.41, 5.74) is 2.63. The van der Waals surface area contributed by atoms with Crippen molar-refractivity contribution in [2.24, 2.45) is 4.99 Å². The number of halogens is 3. The van der Waals surface area contributed by atoms with Crippen LogP contribution in [0.5, 0.6) is 17.2 Å². The van der Waals surface area contributed by atoms with Crippen molar-refractivity contribution in [2.45, 2.75) is 26.3 Å². The second-order valence-electron chi connectivity index (χ2n) is 6.22. The van der Waals surface area contributed by atoms with Gasteiger partial charge < -0.3 is 29.6 Å². The fraction of sp³-hybridized carbons (Fsp3) is 0.350. The average molecular weight is 535 g/mol. The Morgan fingerprint density at radius 2 is 1.80 bits per heavy atom. The van der Waals surface area contributed by atoms with Crippen molar-refractivity contribution in [2.75, 3.05) is 21.0 Å². The third kappa shape index (κ3) is 6.59. The van der Waals surface area contributed by atoms with E-state index in [-0.39, 0.29) is 43.1 Å². The van der Waals surface area contributed by atoms with E-state index in [4.69, 9.17) is 14.2 Å². The molecule has 0 atom stereocenters. The van der Waals surface area contributed by atoms with Crippen molar-refractivity contribution in [1.82, 2.24) is 10.6 Å². The minimum Gasteiger partial charge on any atom is -0.454 e. The summed E-state index contributed by atoms with van der Waals surface area (Å²) < 4.78 is 45.8. The lowest BCUT2D eigenvalue weighted by atomic mass is 10.1. The third-order valence-corrected chi connectivity index (χ3v) is 4.20. The molecule has 2 aromatic rings. The van der Waals surface area contributed by atoms with Gasteiger partial charge in [-0.05, 0) is 17.2 Å². The molecule has 2 N–H and O–H groups in total. The van der Waals surface area contributed by atoms with Gasteiger partial charge >= 0.3 is 6.61 Å². The number of guanidine groups is 1. The van der Waals surface area contributed by atoms with E-state index in [1.165, 1.54) is 6.07 Å². The number of methoxy groups -OCH3 is 1. The summed E-state index contributed by atoms with van der Waals surface area (Å²) in [4.78, 5) is 4.16. The lowest BCUT2D eigenvalue weighted by Crippen LogP contribution is -2.36. The number of hydrogen-bond acceptors (Lipinski definition) is 5. The van der Waals surface area contributed by atoms with Crippen LogP contribution in [0.2, 0.25) is 0 Å². The molecule has 1 heterocycles. The quantitative estimate of drug-likeness (QED) is 0.306.